The predicted molar refractivity (Wildman–Crippen MR) is 135 cm³/mol. The lowest BCUT2D eigenvalue weighted by molar-refractivity contribution is -0.00901. The van der Waals surface area contributed by atoms with Gasteiger partial charge in [0.2, 0.25) is 0 Å². The van der Waals surface area contributed by atoms with E-state index in [2.05, 4.69) is 6.92 Å². The van der Waals surface area contributed by atoms with Gasteiger partial charge in [0.05, 0.1) is 11.7 Å². The van der Waals surface area contributed by atoms with E-state index < -0.39 is 7.37 Å². The lowest BCUT2D eigenvalue weighted by Gasteiger charge is -2.33. The predicted octanol–water partition coefficient (Wildman–Crippen LogP) is 6.37. The zero-order chi connectivity index (χ0) is 23.7. The largest absolute Gasteiger partial charge is 0.458 e. The average Bonchev–Trinajstić information content (AvgIpc) is 2.88. The molecule has 5 heteroatoms. The number of hydrogen-bond acceptors (Lipinski definition) is 4. The molecule has 0 aliphatic carbocycles. The number of rotatable bonds is 11. The van der Waals surface area contributed by atoms with Crippen molar-refractivity contribution in [3.63, 3.8) is 0 Å². The molecular weight excluding hydrogens is 431 g/mol. The van der Waals surface area contributed by atoms with Gasteiger partial charge >= 0.3 is 5.97 Å². The number of carbonyl (C=O) groups excluding carboxylic acids is 1. The quantitative estimate of drug-likeness (QED) is 0.244. The van der Waals surface area contributed by atoms with Gasteiger partial charge in [0.1, 0.15) is 6.10 Å². The van der Waals surface area contributed by atoms with Gasteiger partial charge in [0.15, 0.2) is 0 Å². The molecule has 0 saturated carbocycles. The Morgan fingerprint density at radius 2 is 1.27 bits per heavy atom. The van der Waals surface area contributed by atoms with Gasteiger partial charge in [-0.05, 0) is 49.2 Å². The molecule has 4 nitrogen and oxygen atoms in total. The second kappa shape index (κ2) is 12.0. The van der Waals surface area contributed by atoms with Crippen LogP contribution in [0.1, 0.15) is 50.4 Å². The Labute approximate surface area is 197 Å². The minimum absolute atomic E-state index is 0.136. The highest BCUT2D eigenvalue weighted by Crippen LogP contribution is 2.48. The van der Waals surface area contributed by atoms with Gasteiger partial charge in [0, 0.05) is 16.5 Å². The Bertz CT molecular complexity index is 994. The summed E-state index contributed by atoms with van der Waals surface area (Å²) in [6.45, 7) is 6.10. The van der Waals surface area contributed by atoms with Gasteiger partial charge in [-0.1, -0.05) is 81.8 Å². The second-order valence-electron chi connectivity index (χ2n) is 8.23. The molecule has 174 valence electrons. The summed E-state index contributed by atoms with van der Waals surface area (Å²) in [6, 6.07) is 27.7. The molecule has 0 heterocycles. The Hall–Kier alpha value is -2.68. The van der Waals surface area contributed by atoms with Crippen LogP contribution in [0.15, 0.2) is 91.0 Å². The molecule has 0 aliphatic heterocycles. The van der Waals surface area contributed by atoms with E-state index in [1.165, 1.54) is 0 Å². The first-order chi connectivity index (χ1) is 16.0. The highest BCUT2D eigenvalue weighted by Gasteiger charge is 2.36. The molecule has 3 aromatic rings. The highest BCUT2D eigenvalue weighted by molar-refractivity contribution is 7.74. The lowest BCUT2D eigenvalue weighted by atomic mass is 9.93. The summed E-state index contributed by atoms with van der Waals surface area (Å²) >= 11 is 0. The van der Waals surface area contributed by atoms with E-state index in [-0.39, 0.29) is 24.1 Å². The summed E-state index contributed by atoms with van der Waals surface area (Å²) in [4.78, 5) is 12.7. The van der Waals surface area contributed by atoms with Gasteiger partial charge < -0.3 is 9.26 Å². The van der Waals surface area contributed by atoms with Crippen LogP contribution in [0.25, 0.3) is 0 Å². The van der Waals surface area contributed by atoms with Crippen molar-refractivity contribution in [2.75, 3.05) is 0 Å². The third-order valence-electron chi connectivity index (χ3n) is 5.89. The van der Waals surface area contributed by atoms with E-state index in [0.29, 0.717) is 29.0 Å². The number of ether oxygens (including phenoxy) is 1. The van der Waals surface area contributed by atoms with Crippen molar-refractivity contribution >= 4 is 23.9 Å². The smallest absolute Gasteiger partial charge is 0.338 e. The van der Waals surface area contributed by atoms with Gasteiger partial charge in [-0.25, -0.2) is 4.79 Å². The van der Waals surface area contributed by atoms with E-state index in [1.807, 2.05) is 92.7 Å². The molecule has 0 spiro atoms. The molecule has 3 unspecified atom stereocenters. The fourth-order valence-corrected chi connectivity index (χ4v) is 6.34. The molecule has 0 amide bonds. The summed E-state index contributed by atoms with van der Waals surface area (Å²) in [5.41, 5.74) is 0.523. The normalized spacial score (nSPS) is 14.3. The van der Waals surface area contributed by atoms with Crippen LogP contribution >= 0.6 is 7.37 Å². The van der Waals surface area contributed by atoms with E-state index in [9.17, 15) is 9.36 Å². The van der Waals surface area contributed by atoms with Crippen molar-refractivity contribution in [3.8, 4) is 0 Å². The summed E-state index contributed by atoms with van der Waals surface area (Å²) in [5.74, 6) is -0.484. The SMILES string of the molecule is CCCC(OP(=O)(c1ccccc1)c1ccccc1)C(C)C(CC)OC(=O)c1ccccc1. The molecule has 0 radical (unpaired) electrons. The van der Waals surface area contributed by atoms with Gasteiger partial charge in [-0.3, -0.25) is 4.57 Å². The van der Waals surface area contributed by atoms with E-state index in [4.69, 9.17) is 9.26 Å². The summed E-state index contributed by atoms with van der Waals surface area (Å²) in [6.07, 6.45) is 1.53. The van der Waals surface area contributed by atoms with Crippen LogP contribution in [0, 0.1) is 5.92 Å². The Morgan fingerprint density at radius 3 is 1.73 bits per heavy atom. The van der Waals surface area contributed by atoms with Crippen LogP contribution in [0.2, 0.25) is 0 Å². The van der Waals surface area contributed by atoms with E-state index in [1.54, 1.807) is 12.1 Å². The van der Waals surface area contributed by atoms with Gasteiger partial charge in [0.25, 0.3) is 7.37 Å². The van der Waals surface area contributed by atoms with Crippen molar-refractivity contribution in [2.24, 2.45) is 5.92 Å². The third kappa shape index (κ3) is 6.22. The maximum absolute atomic E-state index is 14.4. The Morgan fingerprint density at radius 1 is 0.788 bits per heavy atom. The molecular formula is C28H33O4P. The molecule has 3 atom stereocenters. The number of carbonyl (C=O) groups is 1. The van der Waals surface area contributed by atoms with Crippen LogP contribution in [0.4, 0.5) is 0 Å². The zero-order valence-corrected chi connectivity index (χ0v) is 20.5. The van der Waals surface area contributed by atoms with Crippen molar-refractivity contribution in [1.82, 2.24) is 0 Å². The first-order valence-electron chi connectivity index (χ1n) is 11.6. The first-order valence-corrected chi connectivity index (χ1v) is 13.3. The van der Waals surface area contributed by atoms with Crippen LogP contribution in [-0.4, -0.2) is 18.2 Å². The fourth-order valence-electron chi connectivity index (χ4n) is 3.99. The van der Waals surface area contributed by atoms with Crippen molar-refractivity contribution in [3.05, 3.63) is 96.6 Å². The molecule has 0 bridgehead atoms. The lowest BCUT2D eigenvalue weighted by Crippen LogP contribution is -2.36. The summed E-state index contributed by atoms with van der Waals surface area (Å²) in [5, 5.41) is 1.33. The number of esters is 1. The van der Waals surface area contributed by atoms with Crippen molar-refractivity contribution < 1.29 is 18.6 Å². The van der Waals surface area contributed by atoms with Gasteiger partial charge in [-0.15, -0.1) is 0 Å². The minimum Gasteiger partial charge on any atom is -0.458 e. The zero-order valence-electron chi connectivity index (χ0n) is 19.6. The summed E-state index contributed by atoms with van der Waals surface area (Å²) < 4.78 is 26.9. The molecule has 0 N–H and O–H groups in total. The molecule has 0 aliphatic rings. The molecule has 0 saturated heterocycles. The molecule has 0 aromatic heterocycles. The standard InChI is InChI=1S/C28H33O4P/c1-4-15-27(22(3)26(5-2)31-28(29)23-16-9-6-10-17-23)32-33(30,24-18-11-7-12-19-24)25-20-13-8-14-21-25/h6-14,16-22,26-27H,4-5,15H2,1-3H3. The Kier molecular flexibility index (Phi) is 9.05. The van der Waals surface area contributed by atoms with Crippen LogP contribution in [-0.2, 0) is 13.8 Å². The number of hydrogen-bond donors (Lipinski definition) is 0. The molecule has 0 fully saturated rings. The number of benzene rings is 3. The second-order valence-corrected chi connectivity index (χ2v) is 10.6. The van der Waals surface area contributed by atoms with Crippen LogP contribution in [0.3, 0.4) is 0 Å². The van der Waals surface area contributed by atoms with E-state index >= 15 is 0 Å². The topological polar surface area (TPSA) is 52.6 Å². The molecule has 33 heavy (non-hydrogen) atoms. The van der Waals surface area contributed by atoms with Crippen LogP contribution in [0.5, 0.6) is 0 Å². The fraction of sp³-hybridized carbons (Fsp3) is 0.321. The maximum Gasteiger partial charge on any atom is 0.338 e. The van der Waals surface area contributed by atoms with Crippen molar-refractivity contribution in [2.45, 2.75) is 52.2 Å². The van der Waals surface area contributed by atoms with E-state index in [0.717, 1.165) is 6.42 Å². The third-order valence-corrected chi connectivity index (χ3v) is 8.42. The monoisotopic (exact) mass is 464 g/mol. The maximum atomic E-state index is 14.4. The Balaban J connectivity index is 1.89. The average molecular weight is 465 g/mol. The summed E-state index contributed by atoms with van der Waals surface area (Å²) in [7, 11) is -3.35. The highest BCUT2D eigenvalue weighted by atomic mass is 31.2. The minimum atomic E-state index is -3.35. The molecule has 3 rings (SSSR count). The molecule has 3 aromatic carbocycles. The van der Waals surface area contributed by atoms with Gasteiger partial charge in [-0.2, -0.15) is 0 Å². The van der Waals surface area contributed by atoms with Crippen molar-refractivity contribution in [1.29, 1.82) is 0 Å². The van der Waals surface area contributed by atoms with Crippen LogP contribution < -0.4 is 10.6 Å². The first kappa shape index (κ1) is 25.0.